The van der Waals surface area contributed by atoms with E-state index in [4.69, 9.17) is 27.9 Å². The van der Waals surface area contributed by atoms with Crippen molar-refractivity contribution in [2.75, 3.05) is 17.0 Å². The molecule has 176 valence electrons. The number of rotatable bonds is 6. The van der Waals surface area contributed by atoms with E-state index in [1.165, 1.54) is 30.3 Å². The first kappa shape index (κ1) is 24.8. The zero-order chi connectivity index (χ0) is 24.8. The Morgan fingerprint density at radius 1 is 1.03 bits per heavy atom. The van der Waals surface area contributed by atoms with Gasteiger partial charge in [0.25, 0.3) is 5.91 Å². The molecule has 0 saturated carbocycles. The number of carbonyl (C=O) groups is 3. The molecule has 0 fully saturated rings. The number of halogens is 3. The first-order valence-corrected chi connectivity index (χ1v) is 10.5. The van der Waals surface area contributed by atoms with Gasteiger partial charge < -0.3 is 19.9 Å². The average Bonchev–Trinajstić information content (AvgIpc) is 2.82. The molecule has 0 aliphatic heterocycles. The van der Waals surface area contributed by atoms with Crippen LogP contribution in [0, 0.1) is 0 Å². The largest absolute Gasteiger partial charge is 0.507 e. The summed E-state index contributed by atoms with van der Waals surface area (Å²) in [5.74, 6) is -3.70. The van der Waals surface area contributed by atoms with Gasteiger partial charge in [-0.1, -0.05) is 45.9 Å². The molecule has 2 amide bonds. The Balaban J connectivity index is 1.82. The molecule has 11 heteroatoms. The maximum Gasteiger partial charge on any atom is 0.397 e. The minimum absolute atomic E-state index is 0.0229. The second-order valence-corrected chi connectivity index (χ2v) is 7.46. The molecule has 0 bridgehead atoms. The van der Waals surface area contributed by atoms with E-state index < -0.39 is 23.5 Å². The van der Waals surface area contributed by atoms with Gasteiger partial charge in [0.05, 0.1) is 27.9 Å². The fourth-order valence-corrected chi connectivity index (χ4v) is 3.32. The van der Waals surface area contributed by atoms with Crippen LogP contribution in [0.1, 0.15) is 17.3 Å². The second-order valence-electron chi connectivity index (χ2n) is 6.65. The normalized spacial score (nSPS) is 10.4. The van der Waals surface area contributed by atoms with Gasteiger partial charge in [-0.3, -0.25) is 9.59 Å². The van der Waals surface area contributed by atoms with E-state index in [1.807, 2.05) is 0 Å². The Kier molecular flexibility index (Phi) is 7.93. The van der Waals surface area contributed by atoms with E-state index in [0.29, 0.717) is 0 Å². The van der Waals surface area contributed by atoms with E-state index in [9.17, 15) is 24.0 Å². The Bertz CT molecular complexity index is 1220. The molecular formula is C23H17Cl2FN2O6. The summed E-state index contributed by atoms with van der Waals surface area (Å²) in [6.07, 6.45) is 0. The highest BCUT2D eigenvalue weighted by Gasteiger charge is 2.22. The number of para-hydroxylation sites is 1. The molecule has 0 radical (unpaired) electrons. The molecule has 2 N–H and O–H groups in total. The van der Waals surface area contributed by atoms with E-state index in [1.54, 1.807) is 25.1 Å². The van der Waals surface area contributed by atoms with Crippen molar-refractivity contribution in [1.82, 2.24) is 0 Å². The summed E-state index contributed by atoms with van der Waals surface area (Å²) in [4.78, 5) is 35.8. The topological polar surface area (TPSA) is 105 Å². The van der Waals surface area contributed by atoms with Gasteiger partial charge in [-0.25, -0.2) is 4.79 Å². The predicted octanol–water partition coefficient (Wildman–Crippen LogP) is 5.52. The molecule has 0 heterocycles. The van der Waals surface area contributed by atoms with Gasteiger partial charge in [0.2, 0.25) is 0 Å². The highest BCUT2D eigenvalue weighted by atomic mass is 35.5. The molecular weight excluding hydrogens is 490 g/mol. The van der Waals surface area contributed by atoms with Crippen molar-refractivity contribution >= 4 is 52.4 Å². The minimum Gasteiger partial charge on any atom is -0.507 e. The van der Waals surface area contributed by atoms with Crippen molar-refractivity contribution in [1.29, 1.82) is 0 Å². The second kappa shape index (κ2) is 10.9. The van der Waals surface area contributed by atoms with Gasteiger partial charge >= 0.3 is 11.9 Å². The molecule has 0 unspecified atom stereocenters. The molecule has 0 aliphatic carbocycles. The Labute approximate surface area is 203 Å². The summed E-state index contributed by atoms with van der Waals surface area (Å²) in [5.41, 5.74) is -0.280. The van der Waals surface area contributed by atoms with Crippen molar-refractivity contribution in [2.45, 2.75) is 6.92 Å². The standard InChI is InChI=1S/C23H17Cl2FN2O6/c1-2-33-23(32)21(30)27-13-10-17(24)20(18(25)11-13)34-15-8-9-19(29)16(12-15)22(31)28(26)14-6-4-3-5-7-14/h3-12,29H,2H2,1H3,(H,27,30). The van der Waals surface area contributed by atoms with Crippen LogP contribution in [0.3, 0.4) is 0 Å². The van der Waals surface area contributed by atoms with E-state index >= 15 is 0 Å². The van der Waals surface area contributed by atoms with Crippen LogP contribution in [0.4, 0.5) is 15.9 Å². The van der Waals surface area contributed by atoms with Crippen LogP contribution in [0.5, 0.6) is 17.2 Å². The molecule has 3 rings (SSSR count). The summed E-state index contributed by atoms with van der Waals surface area (Å²) in [7, 11) is 0. The number of anilines is 2. The smallest absolute Gasteiger partial charge is 0.397 e. The number of aromatic hydroxyl groups is 1. The summed E-state index contributed by atoms with van der Waals surface area (Å²) < 4.78 is 24.8. The third-order valence-electron chi connectivity index (χ3n) is 4.30. The molecule has 3 aromatic rings. The van der Waals surface area contributed by atoms with E-state index in [2.05, 4.69) is 10.1 Å². The van der Waals surface area contributed by atoms with Crippen LogP contribution in [0.15, 0.2) is 60.7 Å². The number of phenols is 1. The lowest BCUT2D eigenvalue weighted by atomic mass is 10.1. The molecule has 8 nitrogen and oxygen atoms in total. The van der Waals surface area contributed by atoms with Gasteiger partial charge in [0.15, 0.2) is 5.75 Å². The maximum atomic E-state index is 14.6. The van der Waals surface area contributed by atoms with E-state index in [-0.39, 0.29) is 50.2 Å². The molecule has 3 aromatic carbocycles. The van der Waals surface area contributed by atoms with Crippen molar-refractivity contribution in [3.63, 3.8) is 0 Å². The molecule has 0 atom stereocenters. The van der Waals surface area contributed by atoms with Crippen LogP contribution in [0.25, 0.3) is 0 Å². The average molecular weight is 507 g/mol. The number of ether oxygens (including phenoxy) is 2. The summed E-state index contributed by atoms with van der Waals surface area (Å²) in [5, 5.41) is 12.2. The van der Waals surface area contributed by atoms with Crippen LogP contribution < -0.4 is 15.2 Å². The number of hydrogen-bond donors (Lipinski definition) is 2. The van der Waals surface area contributed by atoms with Crippen molar-refractivity contribution in [2.24, 2.45) is 0 Å². The fourth-order valence-electron chi connectivity index (χ4n) is 2.76. The lowest BCUT2D eigenvalue weighted by Gasteiger charge is -2.15. The molecule has 0 aromatic heterocycles. The van der Waals surface area contributed by atoms with Crippen LogP contribution in [-0.4, -0.2) is 29.5 Å². The lowest BCUT2D eigenvalue weighted by molar-refractivity contribution is -0.152. The molecule has 0 saturated heterocycles. The number of nitrogens with zero attached hydrogens (tertiary/aromatic N) is 1. The number of nitrogens with one attached hydrogen (secondary N) is 1. The number of amides is 2. The lowest BCUT2D eigenvalue weighted by Crippen LogP contribution is -2.24. The van der Waals surface area contributed by atoms with Gasteiger partial charge in [-0.2, -0.15) is 0 Å². The summed E-state index contributed by atoms with van der Waals surface area (Å²) in [6, 6.07) is 13.7. The van der Waals surface area contributed by atoms with Crippen LogP contribution in [0.2, 0.25) is 10.0 Å². The highest BCUT2D eigenvalue weighted by molar-refractivity contribution is 6.39. The third-order valence-corrected chi connectivity index (χ3v) is 4.86. The Morgan fingerprint density at radius 3 is 2.29 bits per heavy atom. The fraction of sp³-hybridized carbons (Fsp3) is 0.0870. The maximum absolute atomic E-state index is 14.6. The monoisotopic (exact) mass is 506 g/mol. The Morgan fingerprint density at radius 2 is 1.68 bits per heavy atom. The summed E-state index contributed by atoms with van der Waals surface area (Å²) >= 11 is 12.4. The Hall–Kier alpha value is -3.82. The SMILES string of the molecule is CCOC(=O)C(=O)Nc1cc(Cl)c(Oc2ccc(O)c(C(=O)N(F)c3ccccc3)c2)c(Cl)c1. The van der Waals surface area contributed by atoms with Gasteiger partial charge in [0.1, 0.15) is 11.5 Å². The summed E-state index contributed by atoms with van der Waals surface area (Å²) in [6.45, 7) is 1.59. The minimum atomic E-state index is -1.12. The molecule has 0 spiro atoms. The first-order valence-electron chi connectivity index (χ1n) is 9.74. The highest BCUT2D eigenvalue weighted by Crippen LogP contribution is 2.40. The van der Waals surface area contributed by atoms with E-state index in [0.717, 1.165) is 12.1 Å². The molecule has 0 aliphatic rings. The van der Waals surface area contributed by atoms with Crippen molar-refractivity contribution in [3.05, 3.63) is 76.3 Å². The van der Waals surface area contributed by atoms with Gasteiger partial charge in [-0.15, -0.1) is 5.12 Å². The van der Waals surface area contributed by atoms with Crippen molar-refractivity contribution < 1.29 is 33.4 Å². The first-order chi connectivity index (χ1) is 16.2. The predicted molar refractivity (Wildman–Crippen MR) is 124 cm³/mol. The van der Waals surface area contributed by atoms with Gasteiger partial charge in [-0.05, 0) is 49.4 Å². The van der Waals surface area contributed by atoms with Crippen LogP contribution >= 0.6 is 23.2 Å². The third kappa shape index (κ3) is 5.75. The van der Waals surface area contributed by atoms with Crippen LogP contribution in [-0.2, 0) is 14.3 Å². The number of phenolic OH excluding ortho intramolecular Hbond substituents is 1. The van der Waals surface area contributed by atoms with Crippen molar-refractivity contribution in [3.8, 4) is 17.2 Å². The van der Waals surface area contributed by atoms with Gasteiger partial charge in [0, 0.05) is 5.69 Å². The molecule has 34 heavy (non-hydrogen) atoms. The zero-order valence-corrected chi connectivity index (χ0v) is 19.1. The number of carbonyl (C=O) groups excluding carboxylic acids is 3. The zero-order valence-electron chi connectivity index (χ0n) is 17.6. The number of hydrogen-bond acceptors (Lipinski definition) is 6. The number of benzene rings is 3. The number of esters is 1. The quantitative estimate of drug-likeness (QED) is 0.259.